The van der Waals surface area contributed by atoms with Gasteiger partial charge in [0.25, 0.3) is 0 Å². The maximum absolute atomic E-state index is 5.27. The number of rotatable bonds is 5. The molecule has 100 valence electrons. The third-order valence-corrected chi connectivity index (χ3v) is 2.92. The van der Waals surface area contributed by atoms with Gasteiger partial charge in [0.15, 0.2) is 0 Å². The molecule has 0 saturated heterocycles. The molecule has 2 rings (SSSR count). The molecule has 8 heteroatoms. The molecule has 2 aromatic rings. The number of halogens is 1. The highest BCUT2D eigenvalue weighted by Gasteiger charge is 2.04. The Labute approximate surface area is 118 Å². The smallest absolute Gasteiger partial charge is 0.239 e. The van der Waals surface area contributed by atoms with E-state index in [0.717, 1.165) is 10.0 Å². The summed E-state index contributed by atoms with van der Waals surface area (Å²) in [5.41, 5.74) is 3.40. The van der Waals surface area contributed by atoms with E-state index in [2.05, 4.69) is 41.6 Å². The van der Waals surface area contributed by atoms with Crippen LogP contribution in [-0.4, -0.2) is 22.1 Å². The molecule has 0 unspecified atom stereocenters. The zero-order valence-corrected chi connectivity index (χ0v) is 11.8. The molecule has 7 nitrogen and oxygen atoms in total. The first-order valence-corrected chi connectivity index (χ1v) is 6.24. The summed E-state index contributed by atoms with van der Waals surface area (Å²) >= 11 is 3.36. The van der Waals surface area contributed by atoms with Gasteiger partial charge in [-0.1, -0.05) is 6.07 Å². The van der Waals surface area contributed by atoms with E-state index in [0.29, 0.717) is 24.2 Å². The summed E-state index contributed by atoms with van der Waals surface area (Å²) in [7, 11) is 1.58. The molecule has 0 aromatic carbocycles. The lowest BCUT2D eigenvalue weighted by molar-refractivity contribution is 0.397. The maximum atomic E-state index is 5.27. The van der Waals surface area contributed by atoms with Crippen molar-refractivity contribution in [3.63, 3.8) is 0 Å². The van der Waals surface area contributed by atoms with Crippen LogP contribution in [0.5, 0.6) is 5.88 Å². The SMILES string of the molecule is COc1ccc(CNc2nc(NN)ncc2Br)cn1. The Morgan fingerprint density at radius 2 is 2.16 bits per heavy atom. The van der Waals surface area contributed by atoms with Crippen molar-refractivity contribution in [2.75, 3.05) is 17.9 Å². The molecule has 0 aliphatic rings. The second kappa shape index (κ2) is 6.30. The largest absolute Gasteiger partial charge is 0.481 e. The average Bonchev–Trinajstić information content (AvgIpc) is 2.47. The van der Waals surface area contributed by atoms with Crippen LogP contribution in [0.1, 0.15) is 5.56 Å². The van der Waals surface area contributed by atoms with Gasteiger partial charge >= 0.3 is 0 Å². The minimum absolute atomic E-state index is 0.346. The number of hydrogen-bond acceptors (Lipinski definition) is 7. The molecule has 0 fully saturated rings. The molecule has 0 bridgehead atoms. The Hall–Kier alpha value is -1.93. The number of nitrogens with one attached hydrogen (secondary N) is 2. The average molecular weight is 325 g/mol. The molecule has 0 spiro atoms. The minimum Gasteiger partial charge on any atom is -0.481 e. The summed E-state index contributed by atoms with van der Waals surface area (Å²) in [5, 5.41) is 3.17. The standard InChI is InChI=1S/C11H13BrN6O/c1-19-9-3-2-7(4-14-9)5-15-10-8(12)6-16-11(17-10)18-13/h2-4,6H,5,13H2,1H3,(H2,15,16,17,18). The minimum atomic E-state index is 0.346. The first-order valence-electron chi connectivity index (χ1n) is 5.45. The van der Waals surface area contributed by atoms with E-state index in [-0.39, 0.29) is 0 Å². The van der Waals surface area contributed by atoms with Crippen LogP contribution in [0.25, 0.3) is 0 Å². The van der Waals surface area contributed by atoms with Crippen molar-refractivity contribution in [3.8, 4) is 5.88 Å². The molecule has 0 atom stereocenters. The number of aromatic nitrogens is 3. The number of methoxy groups -OCH3 is 1. The van der Waals surface area contributed by atoms with Crippen molar-refractivity contribution in [1.29, 1.82) is 0 Å². The van der Waals surface area contributed by atoms with E-state index < -0.39 is 0 Å². The Balaban J connectivity index is 2.05. The number of nitrogen functional groups attached to an aromatic ring is 1. The van der Waals surface area contributed by atoms with E-state index in [9.17, 15) is 0 Å². The molecule has 0 radical (unpaired) electrons. The Morgan fingerprint density at radius 3 is 2.79 bits per heavy atom. The second-order valence-electron chi connectivity index (χ2n) is 3.60. The molecular weight excluding hydrogens is 312 g/mol. The fourth-order valence-corrected chi connectivity index (χ4v) is 1.71. The first kappa shape index (κ1) is 13.5. The van der Waals surface area contributed by atoms with Gasteiger partial charge in [-0.15, -0.1) is 0 Å². The van der Waals surface area contributed by atoms with Gasteiger partial charge in [0.1, 0.15) is 5.82 Å². The van der Waals surface area contributed by atoms with Crippen LogP contribution in [0.15, 0.2) is 29.0 Å². The van der Waals surface area contributed by atoms with Gasteiger partial charge in [0.2, 0.25) is 11.8 Å². The van der Waals surface area contributed by atoms with Gasteiger partial charge in [-0.25, -0.2) is 15.8 Å². The second-order valence-corrected chi connectivity index (χ2v) is 4.45. The zero-order chi connectivity index (χ0) is 13.7. The summed E-state index contributed by atoms with van der Waals surface area (Å²) in [6.07, 6.45) is 3.36. The highest BCUT2D eigenvalue weighted by atomic mass is 79.9. The lowest BCUT2D eigenvalue weighted by Crippen LogP contribution is -2.12. The highest BCUT2D eigenvalue weighted by molar-refractivity contribution is 9.10. The summed E-state index contributed by atoms with van der Waals surface area (Å²) in [4.78, 5) is 12.3. The van der Waals surface area contributed by atoms with Crippen molar-refractivity contribution < 1.29 is 4.74 Å². The topological polar surface area (TPSA) is 98.0 Å². The molecule has 2 heterocycles. The number of hydrogen-bond donors (Lipinski definition) is 3. The predicted molar refractivity (Wildman–Crippen MR) is 75.7 cm³/mol. The Bertz CT molecular complexity index is 547. The normalized spacial score (nSPS) is 10.1. The van der Waals surface area contributed by atoms with Crippen LogP contribution in [0.4, 0.5) is 11.8 Å². The van der Waals surface area contributed by atoms with Gasteiger partial charge in [0, 0.05) is 25.0 Å². The maximum Gasteiger partial charge on any atom is 0.239 e. The number of pyridine rings is 1. The summed E-state index contributed by atoms with van der Waals surface area (Å²) in [6.45, 7) is 0.580. The molecular formula is C11H13BrN6O. The molecule has 4 N–H and O–H groups in total. The first-order chi connectivity index (χ1) is 9.22. The van der Waals surface area contributed by atoms with E-state index in [1.165, 1.54) is 0 Å². The van der Waals surface area contributed by atoms with Gasteiger partial charge in [-0.3, -0.25) is 5.43 Å². The summed E-state index contributed by atoms with van der Waals surface area (Å²) in [6, 6.07) is 3.73. The highest BCUT2D eigenvalue weighted by Crippen LogP contribution is 2.20. The third kappa shape index (κ3) is 3.52. The van der Waals surface area contributed by atoms with Crippen LogP contribution in [-0.2, 0) is 6.54 Å². The molecule has 0 saturated carbocycles. The fourth-order valence-electron chi connectivity index (χ4n) is 1.38. The van der Waals surface area contributed by atoms with Crippen molar-refractivity contribution in [2.45, 2.75) is 6.54 Å². The summed E-state index contributed by atoms with van der Waals surface area (Å²) in [5.74, 6) is 6.85. The van der Waals surface area contributed by atoms with Gasteiger partial charge in [-0.2, -0.15) is 4.98 Å². The molecule has 2 aromatic heterocycles. The van der Waals surface area contributed by atoms with Crippen molar-refractivity contribution in [3.05, 3.63) is 34.6 Å². The predicted octanol–water partition coefficient (Wildman–Crippen LogP) is 1.54. The van der Waals surface area contributed by atoms with E-state index in [1.54, 1.807) is 25.6 Å². The van der Waals surface area contributed by atoms with Crippen LogP contribution >= 0.6 is 15.9 Å². The van der Waals surface area contributed by atoms with Crippen molar-refractivity contribution in [2.24, 2.45) is 5.84 Å². The van der Waals surface area contributed by atoms with Crippen LogP contribution in [0.2, 0.25) is 0 Å². The Morgan fingerprint density at radius 1 is 1.32 bits per heavy atom. The molecule has 19 heavy (non-hydrogen) atoms. The number of nitrogens with zero attached hydrogens (tertiary/aromatic N) is 3. The number of hydrazine groups is 1. The van der Waals surface area contributed by atoms with Crippen LogP contribution < -0.4 is 21.3 Å². The van der Waals surface area contributed by atoms with E-state index >= 15 is 0 Å². The van der Waals surface area contributed by atoms with Crippen LogP contribution in [0.3, 0.4) is 0 Å². The Kier molecular flexibility index (Phi) is 4.48. The van der Waals surface area contributed by atoms with Gasteiger partial charge in [0.05, 0.1) is 11.6 Å². The van der Waals surface area contributed by atoms with Gasteiger partial charge in [-0.05, 0) is 21.5 Å². The molecule has 0 aliphatic heterocycles. The number of anilines is 2. The van der Waals surface area contributed by atoms with Crippen molar-refractivity contribution in [1.82, 2.24) is 15.0 Å². The number of ether oxygens (including phenoxy) is 1. The lowest BCUT2D eigenvalue weighted by atomic mass is 10.3. The fraction of sp³-hybridized carbons (Fsp3) is 0.182. The van der Waals surface area contributed by atoms with E-state index in [1.807, 2.05) is 6.07 Å². The van der Waals surface area contributed by atoms with Gasteiger partial charge < -0.3 is 10.1 Å². The van der Waals surface area contributed by atoms with E-state index in [4.69, 9.17) is 10.6 Å². The number of nitrogens with two attached hydrogens (primary N) is 1. The monoisotopic (exact) mass is 324 g/mol. The molecule has 0 amide bonds. The zero-order valence-electron chi connectivity index (χ0n) is 10.2. The third-order valence-electron chi connectivity index (χ3n) is 2.34. The van der Waals surface area contributed by atoms with Crippen LogP contribution in [0, 0.1) is 0 Å². The molecule has 0 aliphatic carbocycles. The van der Waals surface area contributed by atoms with Crippen molar-refractivity contribution >= 4 is 27.7 Å². The quantitative estimate of drug-likeness (QED) is 0.566. The summed E-state index contributed by atoms with van der Waals surface area (Å²) < 4.78 is 5.76. The lowest BCUT2D eigenvalue weighted by Gasteiger charge is -2.08.